The summed E-state index contributed by atoms with van der Waals surface area (Å²) in [6.45, 7) is 4.65. The molecule has 4 aromatic heterocycles. The average Bonchev–Trinajstić information content (AvgIpc) is 3.89. The van der Waals surface area contributed by atoms with Crippen LogP contribution in [-0.2, 0) is 19.4 Å². The fourth-order valence-corrected chi connectivity index (χ4v) is 8.13. The number of anilines is 2. The Bertz CT molecular complexity index is 2580. The predicted octanol–water partition coefficient (Wildman–Crippen LogP) is 11.0. The second-order valence-corrected chi connectivity index (χ2v) is 15.6. The van der Waals surface area contributed by atoms with Crippen molar-refractivity contribution in [1.29, 1.82) is 0 Å². The van der Waals surface area contributed by atoms with Crippen LogP contribution in [0.15, 0.2) is 109 Å². The number of aromatic nitrogens is 4. The number of thiophene rings is 1. The molecular formula is C44H40ClF6N7O3S. The molecule has 1 aliphatic rings. The molecule has 0 bridgehead atoms. The summed E-state index contributed by atoms with van der Waals surface area (Å²) in [4.78, 5) is 28.3. The third-order valence-corrected chi connectivity index (χ3v) is 11.3. The van der Waals surface area contributed by atoms with E-state index in [1.165, 1.54) is 30.6 Å². The summed E-state index contributed by atoms with van der Waals surface area (Å²) in [6, 6.07) is 25.6. The maximum absolute atomic E-state index is 13.0. The van der Waals surface area contributed by atoms with Gasteiger partial charge in [-0.05, 0) is 108 Å². The maximum atomic E-state index is 13.0. The molecule has 7 aromatic rings. The fourth-order valence-electron chi connectivity index (χ4n) is 7.16. The zero-order valence-corrected chi connectivity index (χ0v) is 34.7. The van der Waals surface area contributed by atoms with Gasteiger partial charge < -0.3 is 25.0 Å². The third-order valence-electron chi connectivity index (χ3n) is 10.1. The van der Waals surface area contributed by atoms with E-state index >= 15 is 0 Å². The third kappa shape index (κ3) is 11.6. The second-order valence-electron chi connectivity index (χ2n) is 14.3. The van der Waals surface area contributed by atoms with Crippen LogP contribution in [0, 0.1) is 0 Å². The number of amides is 1. The van der Waals surface area contributed by atoms with E-state index < -0.39 is 12.7 Å². The Morgan fingerprint density at radius 2 is 1.48 bits per heavy atom. The Kier molecular flexibility index (Phi) is 13.7. The van der Waals surface area contributed by atoms with E-state index in [9.17, 15) is 31.1 Å². The van der Waals surface area contributed by atoms with Crippen molar-refractivity contribution < 1.29 is 40.6 Å². The van der Waals surface area contributed by atoms with E-state index in [4.69, 9.17) is 11.6 Å². The van der Waals surface area contributed by atoms with Gasteiger partial charge in [-0.2, -0.15) is 0 Å². The number of carbonyl (C=O) groups excluding carboxylic acids is 1. The summed E-state index contributed by atoms with van der Waals surface area (Å²) in [5.74, 6) is 0.435. The van der Waals surface area contributed by atoms with E-state index in [0.29, 0.717) is 42.3 Å². The Morgan fingerprint density at radius 3 is 2.13 bits per heavy atom. The molecule has 1 aliphatic heterocycles. The minimum atomic E-state index is -4.68. The van der Waals surface area contributed by atoms with Crippen molar-refractivity contribution >= 4 is 56.2 Å². The highest BCUT2D eigenvalue weighted by molar-refractivity contribution is 7.17. The zero-order valence-electron chi connectivity index (χ0n) is 33.1. The minimum Gasteiger partial charge on any atom is -0.406 e. The molecule has 2 N–H and O–H groups in total. The van der Waals surface area contributed by atoms with Crippen LogP contribution in [0.3, 0.4) is 0 Å². The van der Waals surface area contributed by atoms with Gasteiger partial charge in [0.25, 0.3) is 5.91 Å². The molecule has 0 spiro atoms. The lowest BCUT2D eigenvalue weighted by Crippen LogP contribution is -2.32. The van der Waals surface area contributed by atoms with E-state index in [1.807, 2.05) is 30.5 Å². The molecule has 1 saturated heterocycles. The number of alkyl halides is 6. The zero-order chi connectivity index (χ0) is 43.9. The van der Waals surface area contributed by atoms with Crippen molar-refractivity contribution in [2.45, 2.75) is 57.8 Å². The Balaban J connectivity index is 0.000000213. The number of benzene rings is 3. The topological polar surface area (TPSA) is 106 Å². The Labute approximate surface area is 361 Å². The van der Waals surface area contributed by atoms with E-state index in [0.717, 1.165) is 70.0 Å². The number of ether oxygens (including phenoxy) is 2. The number of fused-ring (bicyclic) bond motifs is 2. The summed E-state index contributed by atoms with van der Waals surface area (Å²) in [5, 5.41) is 8.70. The molecule has 5 heterocycles. The normalized spacial score (nSPS) is 13.5. The first-order valence-corrected chi connectivity index (χ1v) is 20.9. The molecule has 324 valence electrons. The number of aryl methyl sites for hydroxylation is 1. The highest BCUT2D eigenvalue weighted by Gasteiger charge is 2.32. The maximum Gasteiger partial charge on any atom is 0.573 e. The van der Waals surface area contributed by atoms with Gasteiger partial charge in [0.15, 0.2) is 0 Å². The molecule has 10 nitrogen and oxygen atoms in total. The van der Waals surface area contributed by atoms with Crippen LogP contribution >= 0.6 is 22.9 Å². The van der Waals surface area contributed by atoms with Crippen molar-refractivity contribution in [2.24, 2.45) is 0 Å². The summed E-state index contributed by atoms with van der Waals surface area (Å²) in [5.41, 5.74) is 6.80. The number of halogens is 7. The van der Waals surface area contributed by atoms with Crippen LogP contribution in [0.1, 0.15) is 58.6 Å². The number of hydrogen-bond donors (Lipinski definition) is 2. The molecule has 0 atom stereocenters. The summed E-state index contributed by atoms with van der Waals surface area (Å²) in [7, 11) is 0. The van der Waals surface area contributed by atoms with E-state index in [2.05, 4.69) is 52.1 Å². The number of piperidine rings is 1. The van der Waals surface area contributed by atoms with Gasteiger partial charge in [-0.25, -0.2) is 15.0 Å². The molecule has 8 rings (SSSR count). The lowest BCUT2D eigenvalue weighted by Gasteiger charge is -2.34. The van der Waals surface area contributed by atoms with Gasteiger partial charge in [0, 0.05) is 38.1 Å². The summed E-state index contributed by atoms with van der Waals surface area (Å²) >= 11 is 7.70. The number of rotatable bonds is 12. The first-order valence-electron chi connectivity index (χ1n) is 19.6. The highest BCUT2D eigenvalue weighted by atomic mass is 35.5. The summed E-state index contributed by atoms with van der Waals surface area (Å²) < 4.78 is 84.0. The van der Waals surface area contributed by atoms with Crippen LogP contribution in [-0.4, -0.2) is 57.6 Å². The van der Waals surface area contributed by atoms with Crippen molar-refractivity contribution in [3.8, 4) is 11.5 Å². The van der Waals surface area contributed by atoms with Crippen LogP contribution in [0.25, 0.3) is 15.9 Å². The molecule has 0 aliphatic carbocycles. The molecule has 1 amide bonds. The molecule has 0 radical (unpaired) electrons. The highest BCUT2D eigenvalue weighted by Crippen LogP contribution is 2.33. The Hall–Kier alpha value is -6.07. The summed E-state index contributed by atoms with van der Waals surface area (Å²) in [6.07, 6.45) is -3.05. The van der Waals surface area contributed by atoms with Gasteiger partial charge in [0.05, 0.1) is 20.9 Å². The first kappa shape index (κ1) is 44.0. The van der Waals surface area contributed by atoms with Gasteiger partial charge in [-0.3, -0.25) is 9.20 Å². The number of pyridine rings is 1. The van der Waals surface area contributed by atoms with Crippen molar-refractivity contribution in [1.82, 2.24) is 24.7 Å². The SMILES string of the molecule is CCc1nc2ccc(Cl)cn2c1C(=O)NCc1ccc(N2CCC(c3ccc(OC(F)(F)F)cc3)CC2)cc1.FC(F)(F)Oc1ccc(CCNc2ncnc3ccsc23)cc1. The van der Waals surface area contributed by atoms with Gasteiger partial charge in [-0.15, -0.1) is 37.7 Å². The van der Waals surface area contributed by atoms with Gasteiger partial charge in [0.2, 0.25) is 0 Å². The molecular weight excluding hydrogens is 856 g/mol. The number of carbonyl (C=O) groups is 1. The van der Waals surface area contributed by atoms with E-state index in [-0.39, 0.29) is 23.3 Å². The largest absolute Gasteiger partial charge is 0.573 e. The number of hydrogen-bond acceptors (Lipinski definition) is 9. The van der Waals surface area contributed by atoms with Gasteiger partial charge in [0.1, 0.15) is 35.0 Å². The minimum absolute atomic E-state index is 0.200. The quantitative estimate of drug-likeness (QED) is 0.117. The van der Waals surface area contributed by atoms with Gasteiger partial charge in [-0.1, -0.05) is 54.9 Å². The standard InChI is InChI=1S/C29H28ClF3N4O2.C15H12F3N3OS/c1-2-25-27(37-18-22(30)7-12-26(37)35-25)28(38)34-17-19-3-8-23(9-4-19)36-15-13-21(14-16-36)20-5-10-24(11-6-20)39-29(31,32)33;16-15(17,18)22-11-3-1-10(2-4-11)5-7-19-14-13-12(6-8-23-13)20-9-21-14/h3-12,18,21H,2,13-17H2,1H3,(H,34,38);1-4,6,8-9H,5,7H2,(H,19,20,21). The number of nitrogens with one attached hydrogen (secondary N) is 2. The van der Waals surface area contributed by atoms with Crippen LogP contribution < -0.4 is 25.0 Å². The molecule has 18 heteroatoms. The van der Waals surface area contributed by atoms with Crippen molar-refractivity contribution in [2.75, 3.05) is 29.9 Å². The Morgan fingerprint density at radius 1 is 0.839 bits per heavy atom. The molecule has 62 heavy (non-hydrogen) atoms. The van der Waals surface area contributed by atoms with Crippen LogP contribution in [0.5, 0.6) is 11.5 Å². The molecule has 0 saturated carbocycles. The monoisotopic (exact) mass is 895 g/mol. The van der Waals surface area contributed by atoms with Crippen LogP contribution in [0.4, 0.5) is 37.8 Å². The first-order chi connectivity index (χ1) is 29.7. The van der Waals surface area contributed by atoms with Crippen molar-refractivity contribution in [3.05, 3.63) is 142 Å². The lowest BCUT2D eigenvalue weighted by atomic mass is 9.89. The lowest BCUT2D eigenvalue weighted by molar-refractivity contribution is -0.275. The number of imidazole rings is 1. The van der Waals surface area contributed by atoms with Crippen LogP contribution in [0.2, 0.25) is 5.02 Å². The number of nitrogens with zero attached hydrogens (tertiary/aromatic N) is 5. The van der Waals surface area contributed by atoms with E-state index in [1.54, 1.807) is 58.3 Å². The second kappa shape index (κ2) is 19.3. The average molecular weight is 896 g/mol. The smallest absolute Gasteiger partial charge is 0.406 e. The van der Waals surface area contributed by atoms with Crippen molar-refractivity contribution in [3.63, 3.8) is 0 Å². The fraction of sp³-hybridized carbons (Fsp3) is 0.273. The van der Waals surface area contributed by atoms with Gasteiger partial charge >= 0.3 is 12.7 Å². The predicted molar refractivity (Wildman–Crippen MR) is 227 cm³/mol. The molecule has 3 aromatic carbocycles. The molecule has 1 fully saturated rings. The molecule has 0 unspecified atom stereocenters.